The molecule has 1 aliphatic heterocycles. The maximum absolute atomic E-state index is 13.5. The van der Waals surface area contributed by atoms with E-state index in [9.17, 15) is 26.7 Å². The maximum Gasteiger partial charge on any atom is 0.453 e. The molecule has 17 heteroatoms. The van der Waals surface area contributed by atoms with Crippen molar-refractivity contribution in [3.63, 3.8) is 0 Å². The number of amides is 1. The van der Waals surface area contributed by atoms with Gasteiger partial charge in [0.25, 0.3) is 0 Å². The number of aryl methyl sites for hydroxylation is 1. The lowest BCUT2D eigenvalue weighted by Gasteiger charge is -2.20. The summed E-state index contributed by atoms with van der Waals surface area (Å²) in [5, 5.41) is 21.7. The predicted molar refractivity (Wildman–Crippen MR) is 130 cm³/mol. The second-order valence-corrected chi connectivity index (χ2v) is 9.23. The van der Waals surface area contributed by atoms with Crippen molar-refractivity contribution in [1.82, 2.24) is 34.9 Å². The number of nitrogens with zero attached hydrogens (tertiary/aromatic N) is 7. The molecule has 0 bridgehead atoms. The lowest BCUT2D eigenvalue weighted by molar-refractivity contribution is -0.284. The smallest absolute Gasteiger partial charge is 0.383 e. The van der Waals surface area contributed by atoms with E-state index in [4.69, 9.17) is 11.1 Å². The molecule has 5 N–H and O–H groups in total. The van der Waals surface area contributed by atoms with Crippen LogP contribution in [0, 0.1) is 5.41 Å². The molecule has 208 valence electrons. The summed E-state index contributed by atoms with van der Waals surface area (Å²) in [7, 11) is 1.42. The first kappa shape index (κ1) is 27.7. The van der Waals surface area contributed by atoms with Crippen LogP contribution in [0.2, 0.25) is 0 Å². The molecular formula is C22H24F5N11O. The first-order valence-corrected chi connectivity index (χ1v) is 11.6. The zero-order valence-corrected chi connectivity index (χ0v) is 21.2. The van der Waals surface area contributed by atoms with Gasteiger partial charge in [0.1, 0.15) is 40.1 Å². The van der Waals surface area contributed by atoms with Gasteiger partial charge in [-0.2, -0.15) is 36.9 Å². The van der Waals surface area contributed by atoms with E-state index in [1.807, 2.05) is 13.8 Å². The second-order valence-electron chi connectivity index (χ2n) is 9.23. The Kier molecular flexibility index (Phi) is 6.72. The fourth-order valence-corrected chi connectivity index (χ4v) is 4.05. The monoisotopic (exact) mass is 553 g/mol. The first-order valence-electron chi connectivity index (χ1n) is 11.6. The van der Waals surface area contributed by atoms with E-state index in [2.05, 4.69) is 40.8 Å². The van der Waals surface area contributed by atoms with Crippen molar-refractivity contribution in [2.75, 3.05) is 23.4 Å². The molecule has 1 unspecified atom stereocenters. The molecule has 3 aromatic rings. The van der Waals surface area contributed by atoms with E-state index in [1.165, 1.54) is 18.0 Å². The standard InChI is InChI=1S/C22H24F5N11O/c1-9(2)38-31-8-11(37-38)20(3)13-15(29)34-18(35-17(13)36-19(20)39)14-10(7-28)16(30-4)33-12(32-14)5-6-21(23,24)22(25,26)27/h7-9,28H,5-6H2,1-4H3,(H,30,32,33)(H3,29,34,35,36,39). The number of carbonyl (C=O) groups excluding carboxylic acids is 1. The molecule has 12 nitrogen and oxygen atoms in total. The predicted octanol–water partition coefficient (Wildman–Crippen LogP) is 3.12. The van der Waals surface area contributed by atoms with Crippen molar-refractivity contribution in [2.24, 2.45) is 0 Å². The number of alkyl halides is 5. The average molecular weight is 554 g/mol. The first-order chi connectivity index (χ1) is 18.1. The van der Waals surface area contributed by atoms with Gasteiger partial charge < -0.3 is 21.8 Å². The van der Waals surface area contributed by atoms with Crippen molar-refractivity contribution in [3.8, 4) is 11.5 Å². The maximum atomic E-state index is 13.5. The number of halogens is 5. The lowest BCUT2D eigenvalue weighted by Crippen LogP contribution is -2.36. The largest absolute Gasteiger partial charge is 0.453 e. The van der Waals surface area contributed by atoms with Crippen molar-refractivity contribution in [1.29, 1.82) is 5.41 Å². The van der Waals surface area contributed by atoms with Crippen LogP contribution in [-0.4, -0.2) is 66.2 Å². The molecule has 1 aliphatic rings. The number of nitrogens with one attached hydrogen (secondary N) is 3. The Balaban J connectivity index is 1.81. The van der Waals surface area contributed by atoms with Crippen LogP contribution in [0.15, 0.2) is 6.20 Å². The zero-order valence-electron chi connectivity index (χ0n) is 21.2. The number of nitrogens with two attached hydrogens (primary N) is 1. The molecule has 0 aliphatic carbocycles. The minimum Gasteiger partial charge on any atom is -0.383 e. The molecule has 4 rings (SSSR count). The Morgan fingerprint density at radius 2 is 1.90 bits per heavy atom. The molecule has 0 radical (unpaired) electrons. The van der Waals surface area contributed by atoms with Gasteiger partial charge in [-0.25, -0.2) is 19.9 Å². The van der Waals surface area contributed by atoms with Crippen molar-refractivity contribution >= 4 is 29.6 Å². The third-order valence-electron chi connectivity index (χ3n) is 6.27. The minimum atomic E-state index is -5.74. The normalized spacial score (nSPS) is 17.3. The summed E-state index contributed by atoms with van der Waals surface area (Å²) in [6.45, 7) is 5.30. The molecule has 0 fully saturated rings. The summed E-state index contributed by atoms with van der Waals surface area (Å²) < 4.78 is 65.1. The van der Waals surface area contributed by atoms with Crippen molar-refractivity contribution in [2.45, 2.75) is 57.2 Å². The van der Waals surface area contributed by atoms with Crippen molar-refractivity contribution in [3.05, 3.63) is 28.8 Å². The Morgan fingerprint density at radius 3 is 2.46 bits per heavy atom. The summed E-state index contributed by atoms with van der Waals surface area (Å²) in [6.07, 6.45) is -5.90. The van der Waals surface area contributed by atoms with Gasteiger partial charge in [-0.05, 0) is 20.8 Å². The summed E-state index contributed by atoms with van der Waals surface area (Å²) in [6, 6.07) is -0.0776. The molecular weight excluding hydrogens is 529 g/mol. The van der Waals surface area contributed by atoms with E-state index in [-0.39, 0.29) is 52.0 Å². The van der Waals surface area contributed by atoms with Gasteiger partial charge in [-0.1, -0.05) is 0 Å². The molecule has 0 spiro atoms. The quantitative estimate of drug-likeness (QED) is 0.241. The fourth-order valence-electron chi connectivity index (χ4n) is 4.05. The number of anilines is 3. The molecule has 0 saturated heterocycles. The number of hydrogen-bond donors (Lipinski definition) is 4. The molecule has 0 aromatic carbocycles. The Labute approximate surface area is 218 Å². The highest BCUT2D eigenvalue weighted by molar-refractivity contribution is 6.08. The molecule has 1 atom stereocenters. The number of nitrogen functional groups attached to an aromatic ring is 1. The average Bonchev–Trinajstić information content (AvgIpc) is 3.45. The van der Waals surface area contributed by atoms with Crippen molar-refractivity contribution < 1.29 is 26.7 Å². The fraction of sp³-hybridized carbons (Fsp3) is 0.455. The van der Waals surface area contributed by atoms with Gasteiger partial charge in [0.2, 0.25) is 5.91 Å². The van der Waals surface area contributed by atoms with Gasteiger partial charge in [0.05, 0.1) is 23.4 Å². The Bertz CT molecular complexity index is 1450. The molecule has 0 saturated carbocycles. The third-order valence-corrected chi connectivity index (χ3v) is 6.27. The zero-order chi connectivity index (χ0) is 28.9. The summed E-state index contributed by atoms with van der Waals surface area (Å²) in [5.41, 5.74) is 5.26. The molecule has 4 heterocycles. The van der Waals surface area contributed by atoms with Crippen LogP contribution in [0.4, 0.5) is 39.4 Å². The summed E-state index contributed by atoms with van der Waals surface area (Å²) in [4.78, 5) is 31.2. The number of carbonyl (C=O) groups is 1. The van der Waals surface area contributed by atoms with Gasteiger partial charge >= 0.3 is 12.1 Å². The number of aromatic nitrogens is 7. The van der Waals surface area contributed by atoms with Gasteiger partial charge in [0.15, 0.2) is 5.82 Å². The van der Waals surface area contributed by atoms with E-state index in [1.54, 1.807) is 6.92 Å². The topological polar surface area (TPSA) is 173 Å². The van der Waals surface area contributed by atoms with Gasteiger partial charge in [0, 0.05) is 26.1 Å². The SMILES string of the molecule is CNc1nc(CCC(F)(F)C(F)(F)F)nc(-c2nc(N)c3c(n2)NC(=O)C3(C)c2cnn(C(C)C)n2)c1C=N. The minimum absolute atomic E-state index is 0.0230. The Hall–Kier alpha value is -4.31. The highest BCUT2D eigenvalue weighted by Crippen LogP contribution is 2.44. The van der Waals surface area contributed by atoms with E-state index in [0.717, 1.165) is 6.21 Å². The number of fused-ring (bicyclic) bond motifs is 1. The highest BCUT2D eigenvalue weighted by atomic mass is 19.4. The van der Waals surface area contributed by atoms with E-state index < -0.39 is 36.3 Å². The number of hydrogen-bond acceptors (Lipinski definition) is 10. The van der Waals surface area contributed by atoms with Crippen LogP contribution in [0.5, 0.6) is 0 Å². The van der Waals surface area contributed by atoms with Crippen LogP contribution in [-0.2, 0) is 16.6 Å². The van der Waals surface area contributed by atoms with Crippen LogP contribution in [0.3, 0.4) is 0 Å². The van der Waals surface area contributed by atoms with Crippen LogP contribution in [0.1, 0.15) is 55.9 Å². The molecule has 1 amide bonds. The molecule has 3 aromatic heterocycles. The van der Waals surface area contributed by atoms with E-state index in [0.29, 0.717) is 5.69 Å². The number of rotatable bonds is 8. The summed E-state index contributed by atoms with van der Waals surface area (Å²) in [5.74, 6) is -6.18. The van der Waals surface area contributed by atoms with Crippen LogP contribution < -0.4 is 16.4 Å². The highest BCUT2D eigenvalue weighted by Gasteiger charge is 2.56. The van der Waals surface area contributed by atoms with E-state index >= 15 is 0 Å². The second kappa shape index (κ2) is 9.46. The van der Waals surface area contributed by atoms with Gasteiger partial charge in [-0.15, -0.1) is 0 Å². The Morgan fingerprint density at radius 1 is 1.21 bits per heavy atom. The van der Waals surface area contributed by atoms with Crippen LogP contribution in [0.25, 0.3) is 11.5 Å². The molecule has 39 heavy (non-hydrogen) atoms. The van der Waals surface area contributed by atoms with Gasteiger partial charge in [-0.3, -0.25) is 4.79 Å². The van der Waals surface area contributed by atoms with Crippen LogP contribution >= 0.6 is 0 Å². The summed E-state index contributed by atoms with van der Waals surface area (Å²) >= 11 is 0. The third kappa shape index (κ3) is 4.61. The lowest BCUT2D eigenvalue weighted by atomic mass is 9.81.